The summed E-state index contributed by atoms with van der Waals surface area (Å²) in [6, 6.07) is 6.03. The molecule has 4 bridgehead atoms. The van der Waals surface area contributed by atoms with E-state index < -0.39 is 0 Å². The minimum absolute atomic E-state index is 0.396. The van der Waals surface area contributed by atoms with Crippen LogP contribution < -0.4 is 0 Å². The molecule has 0 amide bonds. The summed E-state index contributed by atoms with van der Waals surface area (Å²) in [5, 5.41) is 1.37. The lowest BCUT2D eigenvalue weighted by molar-refractivity contribution is -0.0632. The zero-order chi connectivity index (χ0) is 15.3. The van der Waals surface area contributed by atoms with Gasteiger partial charge in [-0.3, -0.25) is 4.99 Å². The fourth-order valence-corrected chi connectivity index (χ4v) is 6.10. The van der Waals surface area contributed by atoms with Gasteiger partial charge in [-0.1, -0.05) is 29.3 Å². The van der Waals surface area contributed by atoms with Gasteiger partial charge in [0.25, 0.3) is 0 Å². The van der Waals surface area contributed by atoms with Crippen molar-refractivity contribution in [3.05, 3.63) is 33.8 Å². The Morgan fingerprint density at radius 1 is 1.09 bits per heavy atom. The topological polar surface area (TPSA) is 12.4 Å². The second kappa shape index (κ2) is 5.53. The van der Waals surface area contributed by atoms with Gasteiger partial charge in [-0.25, -0.2) is 0 Å². The van der Waals surface area contributed by atoms with Crippen molar-refractivity contribution < 1.29 is 0 Å². The monoisotopic (exact) mass is 335 g/mol. The fraction of sp³-hybridized carbons (Fsp3) is 0.632. The maximum atomic E-state index is 6.26. The highest BCUT2D eigenvalue weighted by molar-refractivity contribution is 6.36. The van der Waals surface area contributed by atoms with Gasteiger partial charge < -0.3 is 0 Å². The molecule has 1 aromatic carbocycles. The molecule has 0 heterocycles. The second-order valence-corrected chi connectivity index (χ2v) is 8.74. The maximum absolute atomic E-state index is 6.26. The molecule has 3 heteroatoms. The molecular weight excluding hydrogens is 313 g/mol. The summed E-state index contributed by atoms with van der Waals surface area (Å²) in [4.78, 5) is 4.92. The van der Waals surface area contributed by atoms with Crippen molar-refractivity contribution in [1.82, 2.24) is 0 Å². The summed E-state index contributed by atoms with van der Waals surface area (Å²) in [7, 11) is 0. The van der Waals surface area contributed by atoms with E-state index in [1.54, 1.807) is 6.07 Å². The third-order valence-electron chi connectivity index (χ3n) is 6.37. The number of aliphatic imine (C=N–C) groups is 1. The molecule has 1 unspecified atom stereocenters. The van der Waals surface area contributed by atoms with Crippen LogP contribution >= 0.6 is 23.2 Å². The van der Waals surface area contributed by atoms with Crippen LogP contribution in [0.25, 0.3) is 0 Å². The lowest BCUT2D eigenvalue weighted by Gasteiger charge is -2.58. The maximum Gasteiger partial charge on any atom is 0.0528 e. The number of halogens is 2. The van der Waals surface area contributed by atoms with Crippen molar-refractivity contribution in [2.45, 2.75) is 51.5 Å². The molecule has 22 heavy (non-hydrogen) atoms. The zero-order valence-electron chi connectivity index (χ0n) is 13.1. The molecule has 4 aliphatic rings. The number of benzene rings is 1. The summed E-state index contributed by atoms with van der Waals surface area (Å²) in [5.74, 6) is 2.93. The molecule has 0 spiro atoms. The summed E-state index contributed by atoms with van der Waals surface area (Å²) in [5.41, 5.74) is 1.44. The van der Waals surface area contributed by atoms with Crippen molar-refractivity contribution in [2.75, 3.05) is 0 Å². The number of nitrogens with zero attached hydrogens (tertiary/aromatic N) is 1. The molecule has 1 aromatic rings. The first-order valence-electron chi connectivity index (χ1n) is 8.52. The first kappa shape index (κ1) is 15.0. The van der Waals surface area contributed by atoms with E-state index in [1.807, 2.05) is 18.3 Å². The van der Waals surface area contributed by atoms with Gasteiger partial charge in [0.2, 0.25) is 0 Å². The van der Waals surface area contributed by atoms with E-state index in [1.165, 1.54) is 38.5 Å². The van der Waals surface area contributed by atoms with Crippen LogP contribution in [0.15, 0.2) is 23.2 Å². The first-order chi connectivity index (χ1) is 10.5. The van der Waals surface area contributed by atoms with E-state index in [2.05, 4.69) is 6.92 Å². The highest BCUT2D eigenvalue weighted by Gasteiger charge is 2.53. The normalized spacial score (nSPS) is 37.9. The third-order valence-corrected chi connectivity index (χ3v) is 6.93. The average Bonchev–Trinajstić information content (AvgIpc) is 2.44. The summed E-state index contributed by atoms with van der Waals surface area (Å²) in [6.45, 7) is 2.31. The van der Waals surface area contributed by atoms with E-state index in [0.29, 0.717) is 21.5 Å². The van der Waals surface area contributed by atoms with Gasteiger partial charge in [0.05, 0.1) is 11.1 Å². The molecule has 1 nitrogen and oxygen atoms in total. The fourth-order valence-electron chi connectivity index (χ4n) is 5.65. The predicted octanol–water partition coefficient (Wildman–Crippen LogP) is 6.02. The molecule has 4 saturated carbocycles. The van der Waals surface area contributed by atoms with E-state index >= 15 is 0 Å². The Balaban J connectivity index is 1.54. The Morgan fingerprint density at radius 3 is 2.23 bits per heavy atom. The van der Waals surface area contributed by atoms with Crippen LogP contribution in [-0.4, -0.2) is 12.3 Å². The smallest absolute Gasteiger partial charge is 0.0528 e. The van der Waals surface area contributed by atoms with Gasteiger partial charge in [-0.2, -0.15) is 0 Å². The minimum Gasteiger partial charge on any atom is -0.289 e. The van der Waals surface area contributed by atoms with Gasteiger partial charge in [-0.15, -0.1) is 0 Å². The summed E-state index contributed by atoms with van der Waals surface area (Å²) in [6.07, 6.45) is 10.6. The third kappa shape index (κ3) is 2.61. The Labute approximate surface area is 143 Å². The molecule has 0 N–H and O–H groups in total. The lowest BCUT2D eigenvalue weighted by atomic mass is 9.48. The van der Waals surface area contributed by atoms with E-state index in [0.717, 1.165) is 23.3 Å². The number of rotatable bonds is 3. The molecule has 0 aliphatic heterocycles. The van der Waals surface area contributed by atoms with Crippen LogP contribution in [0, 0.1) is 23.2 Å². The lowest BCUT2D eigenvalue weighted by Crippen LogP contribution is -2.50. The second-order valence-electron chi connectivity index (χ2n) is 7.90. The Hall–Kier alpha value is -0.530. The predicted molar refractivity (Wildman–Crippen MR) is 94.1 cm³/mol. The summed E-state index contributed by atoms with van der Waals surface area (Å²) < 4.78 is 0. The highest BCUT2D eigenvalue weighted by Crippen LogP contribution is 2.61. The van der Waals surface area contributed by atoms with Crippen molar-refractivity contribution >= 4 is 29.4 Å². The molecule has 0 aromatic heterocycles. The quantitative estimate of drug-likeness (QED) is 0.599. The van der Waals surface area contributed by atoms with Crippen LogP contribution in [0.2, 0.25) is 10.0 Å². The molecule has 5 rings (SSSR count). The zero-order valence-corrected chi connectivity index (χ0v) is 14.6. The molecule has 0 radical (unpaired) electrons. The SMILES string of the molecule is CC(N=Cc1ccc(Cl)cc1Cl)C12CC3CC(CC(C3)C1)C2. The van der Waals surface area contributed by atoms with E-state index in [9.17, 15) is 0 Å². The Kier molecular flexibility index (Phi) is 3.77. The molecular formula is C19H23Cl2N. The number of hydrogen-bond acceptors (Lipinski definition) is 1. The minimum atomic E-state index is 0.396. The largest absolute Gasteiger partial charge is 0.289 e. The van der Waals surface area contributed by atoms with Crippen molar-refractivity contribution in [3.8, 4) is 0 Å². The standard InChI is InChI=1S/C19H23Cl2N/c1-12(22-11-16-2-3-17(20)7-18(16)21)19-8-13-4-14(9-19)6-15(5-13)10-19/h2-3,7,11-15H,4-6,8-10H2,1H3. The van der Waals surface area contributed by atoms with Gasteiger partial charge in [0.15, 0.2) is 0 Å². The molecule has 4 fully saturated rings. The highest BCUT2D eigenvalue weighted by atomic mass is 35.5. The molecule has 118 valence electrons. The molecule has 1 atom stereocenters. The van der Waals surface area contributed by atoms with E-state index in [4.69, 9.17) is 28.2 Å². The van der Waals surface area contributed by atoms with Crippen LogP contribution in [0.5, 0.6) is 0 Å². The van der Waals surface area contributed by atoms with Crippen LogP contribution in [-0.2, 0) is 0 Å². The van der Waals surface area contributed by atoms with Crippen molar-refractivity contribution in [1.29, 1.82) is 0 Å². The Bertz CT molecular complexity index is 572. The van der Waals surface area contributed by atoms with Gasteiger partial charge in [0, 0.05) is 16.8 Å². The van der Waals surface area contributed by atoms with Crippen LogP contribution in [0.1, 0.15) is 51.0 Å². The molecule has 0 saturated heterocycles. The van der Waals surface area contributed by atoms with Gasteiger partial charge >= 0.3 is 0 Å². The Morgan fingerprint density at radius 2 is 1.68 bits per heavy atom. The summed E-state index contributed by atoms with van der Waals surface area (Å²) >= 11 is 12.2. The van der Waals surface area contributed by atoms with Crippen LogP contribution in [0.3, 0.4) is 0 Å². The van der Waals surface area contributed by atoms with Crippen LogP contribution in [0.4, 0.5) is 0 Å². The first-order valence-corrected chi connectivity index (χ1v) is 9.28. The average molecular weight is 336 g/mol. The van der Waals surface area contributed by atoms with Crippen molar-refractivity contribution in [3.63, 3.8) is 0 Å². The molecule has 4 aliphatic carbocycles. The van der Waals surface area contributed by atoms with Gasteiger partial charge in [-0.05, 0) is 80.8 Å². The van der Waals surface area contributed by atoms with Crippen molar-refractivity contribution in [2.24, 2.45) is 28.2 Å². The number of hydrogen-bond donors (Lipinski definition) is 0. The van der Waals surface area contributed by atoms with E-state index in [-0.39, 0.29) is 0 Å². The van der Waals surface area contributed by atoms with Gasteiger partial charge in [0.1, 0.15) is 0 Å².